The van der Waals surface area contributed by atoms with Gasteiger partial charge in [0.25, 0.3) is 0 Å². The van der Waals surface area contributed by atoms with Gasteiger partial charge in [-0.2, -0.15) is 5.10 Å². The van der Waals surface area contributed by atoms with Crippen LogP contribution in [-0.2, 0) is 6.42 Å². The van der Waals surface area contributed by atoms with Gasteiger partial charge in [0.1, 0.15) is 5.75 Å². The summed E-state index contributed by atoms with van der Waals surface area (Å²) in [7, 11) is -1.86. The molecule has 2 aromatic rings. The summed E-state index contributed by atoms with van der Waals surface area (Å²) >= 11 is 0. The third kappa shape index (κ3) is 3.36. The van der Waals surface area contributed by atoms with Crippen molar-refractivity contribution in [3.8, 4) is 5.75 Å². The predicted molar refractivity (Wildman–Crippen MR) is 147 cm³/mol. The highest BCUT2D eigenvalue weighted by molar-refractivity contribution is 6.74. The molecule has 4 aliphatic rings. The molecule has 36 heavy (non-hydrogen) atoms. The molecule has 0 spiro atoms. The molecule has 1 aliphatic heterocycles. The Kier molecular flexibility index (Phi) is 5.31. The van der Waals surface area contributed by atoms with E-state index in [0.717, 1.165) is 42.7 Å². The van der Waals surface area contributed by atoms with Crippen molar-refractivity contribution >= 4 is 14.0 Å². The van der Waals surface area contributed by atoms with Gasteiger partial charge in [-0.1, -0.05) is 33.8 Å². The van der Waals surface area contributed by atoms with Crippen molar-refractivity contribution in [1.82, 2.24) is 10.4 Å². The highest BCUT2D eigenvalue weighted by Crippen LogP contribution is 2.66. The first-order chi connectivity index (χ1) is 16.9. The number of fused-ring (bicyclic) bond motifs is 7. The fourth-order valence-corrected chi connectivity index (χ4v) is 8.66. The largest absolute Gasteiger partial charge is 0.543 e. The van der Waals surface area contributed by atoms with Crippen molar-refractivity contribution in [3.05, 3.63) is 59.4 Å². The maximum absolute atomic E-state index is 12.1. The molecular weight excluding hydrogens is 462 g/mol. The zero-order valence-corrected chi connectivity index (χ0v) is 23.6. The lowest BCUT2D eigenvalue weighted by atomic mass is 9.54. The van der Waals surface area contributed by atoms with Gasteiger partial charge < -0.3 is 9.53 Å². The number of nitrogens with one attached hydrogen (secondary N) is 1. The Hall–Kier alpha value is -2.18. The van der Waals surface area contributed by atoms with Crippen molar-refractivity contribution < 1.29 is 9.53 Å². The fraction of sp³-hybridized carbons (Fsp3) is 0.600. The van der Waals surface area contributed by atoms with Crippen molar-refractivity contribution in [2.24, 2.45) is 28.3 Å². The lowest BCUT2D eigenvalue weighted by Crippen LogP contribution is -2.58. The third-order valence-corrected chi connectivity index (χ3v) is 15.1. The van der Waals surface area contributed by atoms with Crippen LogP contribution in [-0.4, -0.2) is 29.8 Å². The average molecular weight is 504 g/mol. The van der Waals surface area contributed by atoms with E-state index in [4.69, 9.17) is 4.43 Å². The van der Waals surface area contributed by atoms with Gasteiger partial charge in [0.15, 0.2) is 5.72 Å². The van der Waals surface area contributed by atoms with Crippen LogP contribution in [0, 0.1) is 23.2 Å². The Morgan fingerprint density at radius 3 is 2.69 bits per heavy atom. The molecule has 0 saturated heterocycles. The second-order valence-corrected chi connectivity index (χ2v) is 18.2. The SMILES string of the molecule is CC(C)(C)[Si](C)(C)Oc1ccc2c(c1)CCC1C2CC[C@@]2(C)C1CC1C(c3cccnc3)=NNC12O. The van der Waals surface area contributed by atoms with Gasteiger partial charge in [-0.15, -0.1) is 0 Å². The monoisotopic (exact) mass is 503 g/mol. The number of nitrogens with zero attached hydrogens (tertiary/aromatic N) is 2. The summed E-state index contributed by atoms with van der Waals surface area (Å²) in [6.45, 7) is 13.9. The van der Waals surface area contributed by atoms with Gasteiger partial charge in [-0.3, -0.25) is 10.4 Å². The van der Waals surface area contributed by atoms with Crippen molar-refractivity contribution in [2.45, 2.75) is 89.6 Å². The van der Waals surface area contributed by atoms with Gasteiger partial charge >= 0.3 is 0 Å². The number of hydrogen-bond acceptors (Lipinski definition) is 5. The molecule has 6 atom stereocenters. The molecule has 1 aromatic heterocycles. The van der Waals surface area contributed by atoms with Gasteiger partial charge in [-0.05, 0) is 103 Å². The Balaban J connectivity index is 1.27. The predicted octanol–water partition coefficient (Wildman–Crippen LogP) is 6.24. The maximum Gasteiger partial charge on any atom is 0.250 e. The number of aryl methyl sites for hydroxylation is 1. The van der Waals surface area contributed by atoms with Crippen LogP contribution in [0.5, 0.6) is 5.75 Å². The van der Waals surface area contributed by atoms with E-state index in [0.29, 0.717) is 17.8 Å². The van der Waals surface area contributed by atoms with E-state index in [-0.39, 0.29) is 16.4 Å². The van der Waals surface area contributed by atoms with Crippen LogP contribution >= 0.6 is 0 Å². The molecule has 6 heteroatoms. The Bertz CT molecular complexity index is 1210. The van der Waals surface area contributed by atoms with E-state index >= 15 is 0 Å². The number of hydrazone groups is 1. The normalized spacial score (nSPS) is 35.1. The number of aliphatic hydroxyl groups is 1. The molecule has 2 heterocycles. The minimum atomic E-state index is -1.86. The maximum atomic E-state index is 12.1. The van der Waals surface area contributed by atoms with Crippen LogP contribution in [0.2, 0.25) is 18.1 Å². The number of rotatable bonds is 3. The molecule has 5 unspecified atom stereocenters. The number of benzene rings is 1. The molecule has 0 amide bonds. The zero-order chi connectivity index (χ0) is 25.5. The topological polar surface area (TPSA) is 66.7 Å². The number of pyridine rings is 1. The average Bonchev–Trinajstić information content (AvgIpc) is 3.28. The second-order valence-electron chi connectivity index (χ2n) is 13.5. The molecule has 1 aromatic carbocycles. The quantitative estimate of drug-likeness (QED) is 0.486. The molecule has 0 radical (unpaired) electrons. The smallest absolute Gasteiger partial charge is 0.250 e. The van der Waals surface area contributed by atoms with Crippen LogP contribution in [0.3, 0.4) is 0 Å². The van der Waals surface area contributed by atoms with E-state index in [1.165, 1.54) is 17.5 Å². The van der Waals surface area contributed by atoms with Crippen LogP contribution in [0.25, 0.3) is 0 Å². The molecule has 2 N–H and O–H groups in total. The summed E-state index contributed by atoms with van der Waals surface area (Å²) in [4.78, 5) is 4.31. The van der Waals surface area contributed by atoms with Gasteiger partial charge in [0.05, 0.1) is 11.6 Å². The molecule has 2 saturated carbocycles. The van der Waals surface area contributed by atoms with E-state index in [1.54, 1.807) is 6.20 Å². The van der Waals surface area contributed by atoms with Crippen LogP contribution < -0.4 is 9.85 Å². The summed E-state index contributed by atoms with van der Waals surface area (Å²) in [5, 5.41) is 16.9. The van der Waals surface area contributed by atoms with Gasteiger partial charge in [-0.25, -0.2) is 0 Å². The van der Waals surface area contributed by atoms with Crippen molar-refractivity contribution in [1.29, 1.82) is 0 Å². The van der Waals surface area contributed by atoms with Gasteiger partial charge in [0.2, 0.25) is 8.32 Å². The number of aromatic nitrogens is 1. The Morgan fingerprint density at radius 1 is 1.17 bits per heavy atom. The molecule has 192 valence electrons. The first-order valence-corrected chi connectivity index (χ1v) is 16.6. The number of hydrogen-bond donors (Lipinski definition) is 2. The summed E-state index contributed by atoms with van der Waals surface area (Å²) in [6, 6.07) is 10.9. The summed E-state index contributed by atoms with van der Waals surface area (Å²) in [6.07, 6.45) is 9.06. The van der Waals surface area contributed by atoms with Crippen LogP contribution in [0.15, 0.2) is 47.8 Å². The first-order valence-electron chi connectivity index (χ1n) is 13.7. The van der Waals surface area contributed by atoms with E-state index in [1.807, 2.05) is 12.3 Å². The highest BCUT2D eigenvalue weighted by atomic mass is 28.4. The first kappa shape index (κ1) is 24.2. The van der Waals surface area contributed by atoms with E-state index in [9.17, 15) is 5.11 Å². The lowest BCUT2D eigenvalue weighted by molar-refractivity contribution is -0.127. The Labute approximate surface area is 216 Å². The van der Waals surface area contributed by atoms with Gasteiger partial charge in [0, 0.05) is 23.4 Å². The Morgan fingerprint density at radius 2 is 1.97 bits per heavy atom. The van der Waals surface area contributed by atoms with Crippen LogP contribution in [0.4, 0.5) is 0 Å². The fourth-order valence-electron chi connectivity index (χ4n) is 7.64. The molecule has 0 bridgehead atoms. The van der Waals surface area contributed by atoms with Crippen molar-refractivity contribution in [2.75, 3.05) is 0 Å². The summed E-state index contributed by atoms with van der Waals surface area (Å²) < 4.78 is 6.65. The third-order valence-electron chi connectivity index (χ3n) is 10.8. The molecular formula is C30H41N3O2Si. The van der Waals surface area contributed by atoms with Crippen LogP contribution in [0.1, 0.15) is 76.0 Å². The van der Waals surface area contributed by atoms with E-state index in [2.05, 4.69) is 80.6 Å². The molecule has 6 rings (SSSR count). The minimum Gasteiger partial charge on any atom is -0.543 e. The molecule has 5 nitrogen and oxygen atoms in total. The molecule has 3 aliphatic carbocycles. The summed E-state index contributed by atoms with van der Waals surface area (Å²) in [5.41, 5.74) is 7.07. The second kappa shape index (κ2) is 7.91. The van der Waals surface area contributed by atoms with E-state index < -0.39 is 14.0 Å². The summed E-state index contributed by atoms with van der Waals surface area (Å²) in [5.74, 6) is 2.69. The zero-order valence-electron chi connectivity index (χ0n) is 22.6. The molecule has 2 fully saturated rings. The highest BCUT2D eigenvalue weighted by Gasteiger charge is 2.68. The van der Waals surface area contributed by atoms with Crippen molar-refractivity contribution in [3.63, 3.8) is 0 Å². The lowest BCUT2D eigenvalue weighted by Gasteiger charge is -2.52. The standard InChI is InChI=1S/C30H41N3O2Si/c1-28(2,3)36(5,6)35-21-10-12-22-19(16-21)9-11-24-23(22)13-14-29(4)25(24)17-26-27(32-33-30(26,29)34)20-8-7-15-31-18-20/h7-8,10,12,15-16,18,23-26,33-34H,9,11,13-14,17H2,1-6H3/t23?,24?,25?,26?,29-,30?/m0/s1. The minimum absolute atomic E-state index is 0.0113.